The summed E-state index contributed by atoms with van der Waals surface area (Å²) in [6, 6.07) is 37.7. The molecule has 578 valence electrons. The molecule has 0 aliphatic carbocycles. The minimum atomic E-state index is -4.47. The fourth-order valence-electron chi connectivity index (χ4n) is 13.2. The largest absolute Gasteiger partial charge is 0.416 e. The number of fused-ring (bicyclic) bond motifs is 3. The molecule has 37 heteroatoms. The molecule has 3 N–H and O–H groups in total. The quantitative estimate of drug-likeness (QED) is 0.0673. The number of carbonyl (C=O) groups is 3. The number of alkyl halides is 3. The van der Waals surface area contributed by atoms with Crippen molar-refractivity contribution >= 4 is 159 Å². The van der Waals surface area contributed by atoms with Gasteiger partial charge in [-0.2, -0.15) is 17.5 Å². The van der Waals surface area contributed by atoms with Crippen LogP contribution in [0.15, 0.2) is 196 Å². The summed E-state index contributed by atoms with van der Waals surface area (Å²) in [5.41, 5.74) is 5.48. The van der Waals surface area contributed by atoms with Crippen LogP contribution in [0, 0.1) is 12.7 Å². The summed E-state index contributed by atoms with van der Waals surface area (Å²) in [4.78, 5) is 59.8. The first-order chi connectivity index (χ1) is 52.0. The first kappa shape index (κ1) is 76.9. The Hall–Kier alpha value is -10.2. The number of hydrogen-bond acceptors (Lipinski definition) is 20. The Labute approximate surface area is 648 Å². The Balaban J connectivity index is 0.000000191. The molecule has 0 radical (unpaired) electrons. The predicted molar refractivity (Wildman–Crippen MR) is 423 cm³/mol. The summed E-state index contributed by atoms with van der Waals surface area (Å²) in [5.74, 6) is 0.127. The van der Waals surface area contributed by atoms with Crippen molar-refractivity contribution in [3.05, 3.63) is 203 Å². The predicted octanol–water partition coefficient (Wildman–Crippen LogP) is 13.3. The number of nitrogens with one attached hydrogen (secondary N) is 3. The zero-order chi connectivity index (χ0) is 77.1. The highest BCUT2D eigenvalue weighted by Gasteiger charge is 2.34. The Morgan fingerprint density at radius 3 is 1.33 bits per heavy atom. The van der Waals surface area contributed by atoms with Crippen LogP contribution in [0.4, 0.5) is 50.0 Å². The highest BCUT2D eigenvalue weighted by molar-refractivity contribution is 7.93. The summed E-state index contributed by atoms with van der Waals surface area (Å²) >= 11 is 9.39. The molecule has 3 saturated heterocycles. The van der Waals surface area contributed by atoms with E-state index >= 15 is 0 Å². The monoisotopic (exact) mass is 1630 g/mol. The molecule has 2 unspecified atom stereocenters. The van der Waals surface area contributed by atoms with Crippen molar-refractivity contribution < 1.29 is 62.9 Å². The number of hydrogen-bond donors (Lipinski definition) is 3. The molecular weight excluding hydrogens is 1550 g/mol. The number of benzene rings is 6. The van der Waals surface area contributed by atoms with Crippen molar-refractivity contribution in [1.82, 2.24) is 52.9 Å². The number of rotatable bonds is 18. The van der Waals surface area contributed by atoms with Crippen molar-refractivity contribution in [3.8, 4) is 0 Å². The van der Waals surface area contributed by atoms with Gasteiger partial charge in [-0.05, 0) is 173 Å². The fraction of sp³-hybridized carbons (Fsp3) is 0.278. The summed E-state index contributed by atoms with van der Waals surface area (Å²) in [7, 11) is -11.2. The zero-order valence-corrected chi connectivity index (χ0v) is 64.5. The molecule has 0 saturated carbocycles. The second kappa shape index (κ2) is 32.1. The summed E-state index contributed by atoms with van der Waals surface area (Å²) < 4.78 is 145. The van der Waals surface area contributed by atoms with Gasteiger partial charge in [0.2, 0.25) is 28.0 Å². The van der Waals surface area contributed by atoms with Crippen LogP contribution in [0.5, 0.6) is 0 Å². The van der Waals surface area contributed by atoms with E-state index in [1.54, 1.807) is 108 Å². The van der Waals surface area contributed by atoms with Gasteiger partial charge in [0, 0.05) is 175 Å². The van der Waals surface area contributed by atoms with Crippen LogP contribution in [0.3, 0.4) is 0 Å². The van der Waals surface area contributed by atoms with Gasteiger partial charge in [0.15, 0.2) is 5.13 Å². The zero-order valence-electron chi connectivity index (χ0n) is 58.8. The van der Waals surface area contributed by atoms with Crippen molar-refractivity contribution in [3.63, 3.8) is 0 Å². The van der Waals surface area contributed by atoms with Crippen molar-refractivity contribution in [2.45, 2.75) is 66.7 Å². The number of sulfonamides is 3. The van der Waals surface area contributed by atoms with E-state index in [1.165, 1.54) is 53.4 Å². The van der Waals surface area contributed by atoms with Crippen molar-refractivity contribution in [2.24, 2.45) is 0 Å². The van der Waals surface area contributed by atoms with E-state index < -0.39 is 53.9 Å². The summed E-state index contributed by atoms with van der Waals surface area (Å²) in [6.07, 6.45) is 2.44. The Bertz CT molecular complexity index is 5620. The number of halogens is 5. The number of nitrogens with zero attached hydrogens (tertiary/aromatic N) is 14. The first-order valence-corrected chi connectivity index (χ1v) is 41.6. The van der Waals surface area contributed by atoms with E-state index in [2.05, 4.69) is 53.4 Å². The third kappa shape index (κ3) is 17.6. The van der Waals surface area contributed by atoms with Gasteiger partial charge in [-0.1, -0.05) is 29.0 Å². The topological polar surface area (TPSA) is 288 Å². The SMILES string of the molecule is CC(C(=O)N1CCN(c2ccc(S(=O)(=O)Nc3nncs3)cc2)CC1)n1ccc2cc(F)ccc21.C[C@H](C(=O)N1CCN(c2ccc(S(=O)(=O)Nc3nccs3)cc2)CC1)n1ccc2ccc(C(F)(F)F)cc21.Cc1nsc(NS(=O)(=O)c2ccc(N3CCN(C(=O)C(C)n4ccc5cc(Cl)ccc54)CC3)cc2)n1.[HH].[HH].[HH].[HH]. The van der Waals surface area contributed by atoms with E-state index in [9.17, 15) is 57.2 Å². The lowest BCUT2D eigenvalue weighted by atomic mass is 10.1. The molecular formula is C72H80ClF4N17O9S6. The van der Waals surface area contributed by atoms with Gasteiger partial charge >= 0.3 is 6.18 Å². The molecule has 3 fully saturated rings. The normalized spacial score (nSPS) is 15.4. The van der Waals surface area contributed by atoms with Crippen LogP contribution in [0.2, 0.25) is 5.02 Å². The van der Waals surface area contributed by atoms with Crippen molar-refractivity contribution in [1.29, 1.82) is 0 Å². The van der Waals surface area contributed by atoms with E-state index in [0.29, 0.717) is 100 Å². The molecule has 3 amide bonds. The maximum absolute atomic E-state index is 13.5. The van der Waals surface area contributed by atoms with Crippen LogP contribution in [0.1, 0.15) is 56.0 Å². The molecule has 12 aromatic rings. The van der Waals surface area contributed by atoms with Gasteiger partial charge in [0.25, 0.3) is 30.1 Å². The Morgan fingerprint density at radius 2 is 0.917 bits per heavy atom. The number of aryl methyl sites for hydroxylation is 1. The van der Waals surface area contributed by atoms with Gasteiger partial charge in [-0.25, -0.2) is 39.6 Å². The molecule has 6 aromatic heterocycles. The number of piperazine rings is 3. The molecule has 6 aromatic carbocycles. The Kier molecular flexibility index (Phi) is 22.7. The average molecular weight is 1630 g/mol. The standard InChI is InChI=1S/C25H24F3N5O3S2.C24H25ClN6O3S2.C23H23FN6O3S2.4H2/c1-17(33-10-8-18-2-3-19(16-22(18)33)25(26,27)28)23(34)32-13-11-31(12-14-32)20-4-6-21(7-5-20)38(35,36)30-24-29-9-15-37-24;1-16(31-10-9-18-15-19(25)3-8-22(18)31)23(32)30-13-11-29(12-14-30)20-4-6-21(7-5-20)36(33,34)28-24-26-17(2)27-35-24;1-16(30-9-8-17-14-18(24)2-7-21(17)30)22(31)29-12-10-28(11-13-29)19-3-5-20(6-4-19)35(32,33)27-23-26-25-15-34-23;;;;/h2-10,15-17H,11-14H2,1H3,(H,29,30);3-10,15-16H,11-14H2,1-2H3,(H,26,27,28);2-9,14-16H,10-13H2,1H3,(H,26,27);4*1H/t17-;;;;;;/m1....../s1. The molecule has 3 aliphatic heterocycles. The first-order valence-electron chi connectivity index (χ1n) is 34.2. The number of anilines is 6. The van der Waals surface area contributed by atoms with E-state index in [-0.39, 0.29) is 65.4 Å². The second-order valence-electron chi connectivity index (χ2n) is 25.8. The Morgan fingerprint density at radius 1 is 0.495 bits per heavy atom. The van der Waals surface area contributed by atoms with Gasteiger partial charge in [-0.3, -0.25) is 28.5 Å². The number of aromatic nitrogens is 8. The maximum Gasteiger partial charge on any atom is 0.416 e. The van der Waals surface area contributed by atoms with E-state index in [1.807, 2.05) is 75.5 Å². The number of carbonyl (C=O) groups excluding carboxylic acids is 3. The molecule has 26 nitrogen and oxygen atoms in total. The van der Waals surface area contributed by atoms with Gasteiger partial charge in [-0.15, -0.1) is 21.5 Å². The minimum Gasteiger partial charge on any atom is -0.368 e. The molecule has 0 bridgehead atoms. The molecule has 15 rings (SSSR count). The summed E-state index contributed by atoms with van der Waals surface area (Å²) in [6.45, 7) is 14.0. The van der Waals surface area contributed by atoms with Crippen LogP contribution in [-0.4, -0.2) is 174 Å². The third-order valence-electron chi connectivity index (χ3n) is 19.0. The number of thiazole rings is 1. The van der Waals surface area contributed by atoms with Crippen LogP contribution < -0.4 is 28.9 Å². The van der Waals surface area contributed by atoms with E-state index in [0.717, 1.165) is 73.9 Å². The lowest BCUT2D eigenvalue weighted by molar-refractivity contribution is -0.137. The highest BCUT2D eigenvalue weighted by Crippen LogP contribution is 2.35. The lowest BCUT2D eigenvalue weighted by Crippen LogP contribution is -2.50. The van der Waals surface area contributed by atoms with E-state index in [4.69, 9.17) is 11.6 Å². The molecule has 3 atom stereocenters. The molecule has 109 heavy (non-hydrogen) atoms. The second-order valence-corrected chi connectivity index (χ2v) is 33.8. The number of amides is 3. The van der Waals surface area contributed by atoms with Crippen LogP contribution in [0.25, 0.3) is 32.7 Å². The van der Waals surface area contributed by atoms with Gasteiger partial charge in [0.1, 0.15) is 35.3 Å². The smallest absolute Gasteiger partial charge is 0.368 e. The van der Waals surface area contributed by atoms with Crippen molar-refractivity contribution in [2.75, 3.05) is 107 Å². The van der Waals surface area contributed by atoms with Crippen LogP contribution >= 0.6 is 45.8 Å². The lowest BCUT2D eigenvalue weighted by Gasteiger charge is -2.37. The van der Waals surface area contributed by atoms with Crippen LogP contribution in [-0.2, 0) is 50.6 Å². The highest BCUT2D eigenvalue weighted by atomic mass is 35.5. The maximum atomic E-state index is 13.5. The van der Waals surface area contributed by atoms with Gasteiger partial charge < -0.3 is 43.1 Å². The molecule has 3 aliphatic rings. The fourth-order valence-corrected chi connectivity index (χ4v) is 18.6. The average Bonchev–Trinajstić information content (AvgIpc) is 1.66. The molecule has 9 heterocycles. The molecule has 0 spiro atoms. The minimum absolute atomic E-state index is 0. The van der Waals surface area contributed by atoms with Gasteiger partial charge in [0.05, 0.1) is 20.2 Å². The third-order valence-corrected chi connectivity index (χ3v) is 25.7. The summed E-state index contributed by atoms with van der Waals surface area (Å²) in [5, 5.41) is 12.8.